The Morgan fingerprint density at radius 1 is 1.00 bits per heavy atom. The first-order chi connectivity index (χ1) is 12.2. The van der Waals surface area contributed by atoms with Crippen molar-refractivity contribution in [1.29, 1.82) is 0 Å². The van der Waals surface area contributed by atoms with Gasteiger partial charge in [-0.2, -0.15) is 0 Å². The van der Waals surface area contributed by atoms with Gasteiger partial charge in [0.2, 0.25) is 0 Å². The smallest absolute Gasteiger partial charge is 0.338 e. The van der Waals surface area contributed by atoms with Crippen molar-refractivity contribution in [3.05, 3.63) is 71.3 Å². The van der Waals surface area contributed by atoms with Crippen LogP contribution in [-0.2, 0) is 27.3 Å². The van der Waals surface area contributed by atoms with Crippen molar-refractivity contribution in [2.45, 2.75) is 45.4 Å². The van der Waals surface area contributed by atoms with Gasteiger partial charge in [0.15, 0.2) is 0 Å². The summed E-state index contributed by atoms with van der Waals surface area (Å²) in [6.07, 6.45) is 0.282. The highest BCUT2D eigenvalue weighted by molar-refractivity contribution is 5.90. The minimum Gasteiger partial charge on any atom is -0.460 e. The molecular formula is C21H25NO4. The highest BCUT2D eigenvalue weighted by Crippen LogP contribution is 2.14. The van der Waals surface area contributed by atoms with Crippen molar-refractivity contribution >= 4 is 11.9 Å². The van der Waals surface area contributed by atoms with Gasteiger partial charge in [0.05, 0.1) is 5.56 Å². The summed E-state index contributed by atoms with van der Waals surface area (Å²) in [7, 11) is 0. The van der Waals surface area contributed by atoms with Crippen LogP contribution in [-0.4, -0.2) is 23.6 Å². The molecule has 5 heteroatoms. The average molecular weight is 355 g/mol. The molecule has 26 heavy (non-hydrogen) atoms. The van der Waals surface area contributed by atoms with Crippen molar-refractivity contribution in [3.8, 4) is 0 Å². The van der Waals surface area contributed by atoms with Crippen molar-refractivity contribution in [1.82, 2.24) is 0 Å². The van der Waals surface area contributed by atoms with E-state index in [1.54, 1.807) is 18.2 Å². The van der Waals surface area contributed by atoms with Crippen LogP contribution in [0.1, 0.15) is 42.3 Å². The molecule has 0 aromatic heterocycles. The summed E-state index contributed by atoms with van der Waals surface area (Å²) in [5, 5.41) is 0. The summed E-state index contributed by atoms with van der Waals surface area (Å²) in [6, 6.07) is 15.6. The molecule has 0 aliphatic rings. The van der Waals surface area contributed by atoms with Crippen molar-refractivity contribution in [2.75, 3.05) is 0 Å². The Hall–Kier alpha value is -2.66. The molecule has 2 aromatic carbocycles. The van der Waals surface area contributed by atoms with E-state index >= 15 is 0 Å². The third-order valence-electron chi connectivity index (χ3n) is 3.54. The molecule has 2 N–H and O–H groups in total. The van der Waals surface area contributed by atoms with Gasteiger partial charge in [-0.1, -0.05) is 42.5 Å². The Kier molecular flexibility index (Phi) is 6.52. The zero-order valence-corrected chi connectivity index (χ0v) is 15.4. The van der Waals surface area contributed by atoms with Gasteiger partial charge in [-0.3, -0.25) is 4.79 Å². The molecule has 0 fully saturated rings. The second-order valence-corrected chi connectivity index (χ2v) is 7.11. The van der Waals surface area contributed by atoms with Crippen LogP contribution in [0.25, 0.3) is 0 Å². The van der Waals surface area contributed by atoms with E-state index in [-0.39, 0.29) is 13.0 Å². The summed E-state index contributed by atoms with van der Waals surface area (Å²) in [6.45, 7) is 5.62. The number of hydrogen-bond acceptors (Lipinski definition) is 5. The summed E-state index contributed by atoms with van der Waals surface area (Å²) < 4.78 is 10.6. The Morgan fingerprint density at radius 2 is 1.65 bits per heavy atom. The second kappa shape index (κ2) is 8.63. The van der Waals surface area contributed by atoms with Gasteiger partial charge in [-0.25, -0.2) is 4.79 Å². The molecule has 0 bridgehead atoms. The van der Waals surface area contributed by atoms with Gasteiger partial charge in [0, 0.05) is 0 Å². The number of rotatable bonds is 6. The Bertz CT molecular complexity index is 750. The van der Waals surface area contributed by atoms with Crippen LogP contribution >= 0.6 is 0 Å². The molecule has 0 radical (unpaired) electrons. The standard InChI is InChI=1S/C21H25NO4/c1-21(2,3)26-19(23)17-11-7-10-16(12-17)13-18(22)20(24)25-14-15-8-5-4-6-9-15/h4-12,18H,13-14,22H2,1-3H3. The molecule has 2 aromatic rings. The fourth-order valence-electron chi connectivity index (χ4n) is 2.34. The molecule has 0 spiro atoms. The zero-order valence-electron chi connectivity index (χ0n) is 15.4. The van der Waals surface area contributed by atoms with Crippen molar-refractivity contribution in [2.24, 2.45) is 5.73 Å². The highest BCUT2D eigenvalue weighted by Gasteiger charge is 2.20. The molecule has 0 aliphatic carbocycles. The lowest BCUT2D eigenvalue weighted by molar-refractivity contribution is -0.146. The highest BCUT2D eigenvalue weighted by atomic mass is 16.6. The quantitative estimate of drug-likeness (QED) is 0.805. The van der Waals surface area contributed by atoms with Gasteiger partial charge < -0.3 is 15.2 Å². The first-order valence-electron chi connectivity index (χ1n) is 8.53. The first-order valence-corrected chi connectivity index (χ1v) is 8.53. The molecule has 0 heterocycles. The van der Waals surface area contributed by atoms with Gasteiger partial charge >= 0.3 is 11.9 Å². The molecule has 2 rings (SSSR count). The first kappa shape index (κ1) is 19.7. The molecule has 0 amide bonds. The number of ether oxygens (including phenoxy) is 2. The Balaban J connectivity index is 1.93. The van der Waals surface area contributed by atoms with Crippen molar-refractivity contribution < 1.29 is 19.1 Å². The van der Waals surface area contributed by atoms with E-state index in [4.69, 9.17) is 15.2 Å². The molecule has 5 nitrogen and oxygen atoms in total. The minimum absolute atomic E-state index is 0.186. The van der Waals surface area contributed by atoms with E-state index in [9.17, 15) is 9.59 Å². The lowest BCUT2D eigenvalue weighted by atomic mass is 10.0. The van der Waals surface area contributed by atoms with Gasteiger partial charge in [-0.15, -0.1) is 0 Å². The molecular weight excluding hydrogens is 330 g/mol. The molecule has 138 valence electrons. The number of carbonyl (C=O) groups is 2. The largest absolute Gasteiger partial charge is 0.460 e. The summed E-state index contributed by atoms with van der Waals surface area (Å²) >= 11 is 0. The van der Waals surface area contributed by atoms with E-state index in [1.807, 2.05) is 57.2 Å². The summed E-state index contributed by atoms with van der Waals surface area (Å²) in [4.78, 5) is 24.2. The Labute approximate surface area is 154 Å². The molecule has 1 unspecified atom stereocenters. The van der Waals surface area contributed by atoms with Crippen molar-refractivity contribution in [3.63, 3.8) is 0 Å². The topological polar surface area (TPSA) is 78.6 Å². The van der Waals surface area contributed by atoms with Crippen LogP contribution in [0.2, 0.25) is 0 Å². The Morgan fingerprint density at radius 3 is 2.31 bits per heavy atom. The van der Waals surface area contributed by atoms with E-state index in [2.05, 4.69) is 0 Å². The molecule has 0 saturated heterocycles. The summed E-state index contributed by atoms with van der Waals surface area (Å²) in [5.41, 5.74) is 7.50. The lowest BCUT2D eigenvalue weighted by Crippen LogP contribution is -2.34. The maximum absolute atomic E-state index is 12.1. The third-order valence-corrected chi connectivity index (χ3v) is 3.54. The predicted molar refractivity (Wildman–Crippen MR) is 99.5 cm³/mol. The van der Waals surface area contributed by atoms with Crippen LogP contribution in [0, 0.1) is 0 Å². The fourth-order valence-corrected chi connectivity index (χ4v) is 2.34. The number of esters is 2. The SMILES string of the molecule is CC(C)(C)OC(=O)c1cccc(CC(N)C(=O)OCc2ccccc2)c1. The minimum atomic E-state index is -0.799. The lowest BCUT2D eigenvalue weighted by Gasteiger charge is -2.19. The maximum atomic E-state index is 12.1. The van der Waals surface area contributed by atoms with Gasteiger partial charge in [0.25, 0.3) is 0 Å². The molecule has 0 aliphatic heterocycles. The summed E-state index contributed by atoms with van der Waals surface area (Å²) in [5.74, 6) is -0.879. The van der Waals surface area contributed by atoms with Gasteiger partial charge in [-0.05, 0) is 50.5 Å². The van der Waals surface area contributed by atoms with E-state index < -0.39 is 23.6 Å². The molecule has 1 atom stereocenters. The van der Waals surface area contributed by atoms with Crippen LogP contribution < -0.4 is 5.73 Å². The molecule has 0 saturated carbocycles. The number of carbonyl (C=O) groups excluding carboxylic acids is 2. The third kappa shape index (κ3) is 6.33. The van der Waals surface area contributed by atoms with E-state index in [1.165, 1.54) is 0 Å². The number of nitrogens with two attached hydrogens (primary N) is 1. The normalized spacial score (nSPS) is 12.3. The number of hydrogen-bond donors (Lipinski definition) is 1. The second-order valence-electron chi connectivity index (χ2n) is 7.11. The van der Waals surface area contributed by atoms with Crippen LogP contribution in [0.15, 0.2) is 54.6 Å². The van der Waals surface area contributed by atoms with Crippen LogP contribution in [0.5, 0.6) is 0 Å². The van der Waals surface area contributed by atoms with Gasteiger partial charge in [0.1, 0.15) is 18.2 Å². The van der Waals surface area contributed by atoms with Crippen LogP contribution in [0.3, 0.4) is 0 Å². The zero-order chi connectivity index (χ0) is 19.2. The maximum Gasteiger partial charge on any atom is 0.338 e. The monoisotopic (exact) mass is 355 g/mol. The fraction of sp³-hybridized carbons (Fsp3) is 0.333. The average Bonchev–Trinajstić information content (AvgIpc) is 2.59. The van der Waals surface area contributed by atoms with E-state index in [0.717, 1.165) is 11.1 Å². The van der Waals surface area contributed by atoms with Crippen LogP contribution in [0.4, 0.5) is 0 Å². The van der Waals surface area contributed by atoms with E-state index in [0.29, 0.717) is 5.56 Å². The number of benzene rings is 2. The predicted octanol–water partition coefficient (Wildman–Crippen LogP) is 3.26.